The maximum Gasteiger partial charge on any atom is 0.251 e. The van der Waals surface area contributed by atoms with E-state index in [1.165, 1.54) is 0 Å². The molecule has 3 aromatic rings. The molecular formula is C18H19N3O3S. The summed E-state index contributed by atoms with van der Waals surface area (Å²) < 4.78 is 5.13. The lowest BCUT2D eigenvalue weighted by atomic mass is 10.0. The first-order valence-corrected chi connectivity index (χ1v) is 8.79. The minimum absolute atomic E-state index is 0.0210. The van der Waals surface area contributed by atoms with E-state index in [0.29, 0.717) is 18.7 Å². The average Bonchev–Trinajstić information content (AvgIpc) is 3.00. The number of carbonyl (C=O) groups excluding carboxylic acids is 1. The minimum atomic E-state index is -0.159. The first kappa shape index (κ1) is 17.5. The summed E-state index contributed by atoms with van der Waals surface area (Å²) in [5.74, 6) is -0.159. The third-order valence-corrected chi connectivity index (χ3v) is 4.47. The quantitative estimate of drug-likeness (QED) is 0.634. The topological polar surface area (TPSA) is 84.3 Å². The smallest absolute Gasteiger partial charge is 0.251 e. The number of carbonyl (C=O) groups is 1. The van der Waals surface area contributed by atoms with Gasteiger partial charge in [0.15, 0.2) is 0 Å². The molecule has 25 heavy (non-hydrogen) atoms. The maximum absolute atomic E-state index is 12.2. The molecule has 0 aliphatic heterocycles. The highest BCUT2D eigenvalue weighted by molar-refractivity contribution is 7.18. The number of aliphatic hydroxyl groups is 1. The molecule has 7 heteroatoms. The van der Waals surface area contributed by atoms with E-state index >= 15 is 0 Å². The molecule has 3 rings (SSSR count). The van der Waals surface area contributed by atoms with Gasteiger partial charge in [-0.1, -0.05) is 23.5 Å². The Labute approximate surface area is 149 Å². The van der Waals surface area contributed by atoms with Crippen LogP contribution in [0, 0.1) is 6.92 Å². The summed E-state index contributed by atoms with van der Waals surface area (Å²) in [4.78, 5) is 22.1. The number of amides is 1. The van der Waals surface area contributed by atoms with Crippen LogP contribution >= 0.6 is 11.3 Å². The molecule has 0 spiro atoms. The van der Waals surface area contributed by atoms with Crippen molar-refractivity contribution in [3.05, 3.63) is 47.1 Å². The van der Waals surface area contributed by atoms with Crippen molar-refractivity contribution in [1.29, 1.82) is 0 Å². The number of thiazole rings is 1. The fraction of sp³-hybridized carbons (Fsp3) is 0.278. The van der Waals surface area contributed by atoms with E-state index < -0.39 is 0 Å². The lowest BCUT2D eigenvalue weighted by Gasteiger charge is -2.07. The van der Waals surface area contributed by atoms with Gasteiger partial charge in [0.25, 0.3) is 5.91 Å². The minimum Gasteiger partial charge on any atom is -0.394 e. The first-order valence-electron chi connectivity index (χ1n) is 7.98. The van der Waals surface area contributed by atoms with Gasteiger partial charge in [-0.2, -0.15) is 0 Å². The zero-order chi connectivity index (χ0) is 17.6. The Hall–Kier alpha value is -2.35. The number of pyridine rings is 1. The molecule has 6 nitrogen and oxygen atoms in total. The van der Waals surface area contributed by atoms with E-state index in [2.05, 4.69) is 15.3 Å². The second kappa shape index (κ2) is 8.15. The second-order valence-electron chi connectivity index (χ2n) is 5.45. The Balaban J connectivity index is 1.72. The Morgan fingerprint density at radius 2 is 2.16 bits per heavy atom. The number of fused-ring (bicyclic) bond motifs is 1. The van der Waals surface area contributed by atoms with Crippen LogP contribution in [0.2, 0.25) is 0 Å². The highest BCUT2D eigenvalue weighted by atomic mass is 32.1. The molecule has 0 radical (unpaired) electrons. The van der Waals surface area contributed by atoms with Crippen molar-refractivity contribution in [3.8, 4) is 11.1 Å². The highest BCUT2D eigenvalue weighted by Crippen LogP contribution is 2.26. The first-order chi connectivity index (χ1) is 12.2. The van der Waals surface area contributed by atoms with Crippen LogP contribution in [-0.2, 0) is 4.74 Å². The van der Waals surface area contributed by atoms with Crippen LogP contribution in [0.4, 0.5) is 0 Å². The van der Waals surface area contributed by atoms with Crippen LogP contribution in [0.5, 0.6) is 0 Å². The zero-order valence-corrected chi connectivity index (χ0v) is 14.7. The van der Waals surface area contributed by atoms with Gasteiger partial charge in [-0.25, -0.2) is 9.97 Å². The Bertz CT molecular complexity index is 879. The summed E-state index contributed by atoms with van der Waals surface area (Å²) in [5, 5.41) is 12.4. The summed E-state index contributed by atoms with van der Waals surface area (Å²) in [6.45, 7) is 2.98. The zero-order valence-electron chi connectivity index (χ0n) is 13.9. The molecule has 0 unspecified atom stereocenters. The molecule has 0 aliphatic rings. The SMILES string of the molecule is Cc1nc2cc(-c3cccc(C(=O)NCCOCCO)c3)cnc2s1. The number of nitrogens with one attached hydrogen (secondary N) is 1. The fourth-order valence-corrected chi connectivity index (χ4v) is 3.17. The summed E-state index contributed by atoms with van der Waals surface area (Å²) in [6, 6.07) is 9.40. The van der Waals surface area contributed by atoms with Gasteiger partial charge in [-0.3, -0.25) is 4.79 Å². The van der Waals surface area contributed by atoms with E-state index in [-0.39, 0.29) is 19.1 Å². The van der Waals surface area contributed by atoms with E-state index in [4.69, 9.17) is 9.84 Å². The van der Waals surface area contributed by atoms with Crippen molar-refractivity contribution in [2.24, 2.45) is 0 Å². The van der Waals surface area contributed by atoms with Gasteiger partial charge >= 0.3 is 0 Å². The number of hydrogen-bond acceptors (Lipinski definition) is 6. The van der Waals surface area contributed by atoms with Gasteiger partial charge in [0.05, 0.1) is 24.8 Å². The summed E-state index contributed by atoms with van der Waals surface area (Å²) >= 11 is 1.56. The van der Waals surface area contributed by atoms with Crippen LogP contribution in [0.15, 0.2) is 36.5 Å². The number of aryl methyl sites for hydroxylation is 1. The Morgan fingerprint density at radius 1 is 1.28 bits per heavy atom. The van der Waals surface area contributed by atoms with E-state index in [1.54, 1.807) is 23.6 Å². The molecule has 0 aliphatic carbocycles. The van der Waals surface area contributed by atoms with Gasteiger partial charge < -0.3 is 15.2 Å². The number of aromatic nitrogens is 2. The predicted molar refractivity (Wildman–Crippen MR) is 97.8 cm³/mol. The Morgan fingerprint density at radius 3 is 3.00 bits per heavy atom. The third-order valence-electron chi connectivity index (χ3n) is 3.58. The lowest BCUT2D eigenvalue weighted by molar-refractivity contribution is 0.0838. The second-order valence-corrected chi connectivity index (χ2v) is 6.64. The van der Waals surface area contributed by atoms with Crippen molar-refractivity contribution in [1.82, 2.24) is 15.3 Å². The van der Waals surface area contributed by atoms with Gasteiger partial charge in [0.2, 0.25) is 0 Å². The van der Waals surface area contributed by atoms with E-state index in [9.17, 15) is 4.79 Å². The maximum atomic E-state index is 12.2. The monoisotopic (exact) mass is 357 g/mol. The van der Waals surface area contributed by atoms with Gasteiger partial charge in [0.1, 0.15) is 10.3 Å². The molecule has 2 N–H and O–H groups in total. The fourth-order valence-electron chi connectivity index (χ4n) is 2.43. The van der Waals surface area contributed by atoms with Crippen LogP contribution in [0.3, 0.4) is 0 Å². The molecule has 1 aromatic carbocycles. The molecule has 0 saturated heterocycles. The number of rotatable bonds is 7. The van der Waals surface area contributed by atoms with Gasteiger partial charge in [-0.05, 0) is 30.7 Å². The molecule has 2 aromatic heterocycles. The van der Waals surface area contributed by atoms with Crippen LogP contribution in [-0.4, -0.2) is 47.3 Å². The number of hydrogen-bond donors (Lipinski definition) is 2. The molecule has 1 amide bonds. The number of benzene rings is 1. The lowest BCUT2D eigenvalue weighted by Crippen LogP contribution is -2.27. The van der Waals surface area contributed by atoms with Crippen LogP contribution in [0.1, 0.15) is 15.4 Å². The van der Waals surface area contributed by atoms with Crippen molar-refractivity contribution in [2.75, 3.05) is 26.4 Å². The molecule has 0 atom stereocenters. The largest absolute Gasteiger partial charge is 0.394 e. The van der Waals surface area contributed by atoms with E-state index in [0.717, 1.165) is 26.5 Å². The Kier molecular flexibility index (Phi) is 5.70. The summed E-state index contributed by atoms with van der Waals surface area (Å²) in [7, 11) is 0. The summed E-state index contributed by atoms with van der Waals surface area (Å²) in [6.07, 6.45) is 1.81. The molecule has 0 saturated carbocycles. The van der Waals surface area contributed by atoms with Crippen molar-refractivity contribution >= 4 is 27.6 Å². The van der Waals surface area contributed by atoms with Crippen LogP contribution in [0.25, 0.3) is 21.5 Å². The molecule has 2 heterocycles. The van der Waals surface area contributed by atoms with Gasteiger partial charge in [-0.15, -0.1) is 0 Å². The van der Waals surface area contributed by atoms with Crippen molar-refractivity contribution in [3.63, 3.8) is 0 Å². The van der Waals surface area contributed by atoms with Crippen LogP contribution < -0.4 is 5.32 Å². The van der Waals surface area contributed by atoms with Gasteiger partial charge in [0, 0.05) is 23.9 Å². The molecular weight excluding hydrogens is 338 g/mol. The summed E-state index contributed by atoms with van der Waals surface area (Å²) in [5.41, 5.74) is 3.30. The molecule has 0 fully saturated rings. The number of aliphatic hydroxyl groups excluding tert-OH is 1. The normalized spacial score (nSPS) is 11.0. The average molecular weight is 357 g/mol. The van der Waals surface area contributed by atoms with E-state index in [1.807, 2.05) is 31.2 Å². The van der Waals surface area contributed by atoms with Crippen molar-refractivity contribution < 1.29 is 14.6 Å². The molecule has 0 bridgehead atoms. The third kappa shape index (κ3) is 4.39. The number of nitrogens with zero attached hydrogens (tertiary/aromatic N) is 2. The highest BCUT2D eigenvalue weighted by Gasteiger charge is 2.09. The van der Waals surface area contributed by atoms with Crippen molar-refractivity contribution in [2.45, 2.75) is 6.92 Å². The number of ether oxygens (including phenoxy) is 1. The predicted octanol–water partition coefficient (Wildman–Crippen LogP) is 2.41. The standard InChI is InChI=1S/C18H19N3O3S/c1-12-21-16-10-15(11-20-18(16)25-12)13-3-2-4-14(9-13)17(23)19-5-7-24-8-6-22/h2-4,9-11,22H,5-8H2,1H3,(H,19,23). The molecule has 130 valence electrons.